The van der Waals surface area contributed by atoms with E-state index < -0.39 is 0 Å². The molecular formula is C14H13BrN4O. The minimum atomic E-state index is 0.377. The van der Waals surface area contributed by atoms with Gasteiger partial charge in [0, 0.05) is 12.1 Å². The summed E-state index contributed by atoms with van der Waals surface area (Å²) in [5, 5.41) is 4.58. The summed E-state index contributed by atoms with van der Waals surface area (Å²) < 4.78 is 7.70. The number of hydrogen-bond acceptors (Lipinski definition) is 4. The Balaban J connectivity index is 2.09. The third kappa shape index (κ3) is 2.17. The maximum Gasteiger partial charge on any atom is 0.155 e. The van der Waals surface area contributed by atoms with Gasteiger partial charge in [0.1, 0.15) is 10.4 Å². The van der Waals surface area contributed by atoms with Crippen LogP contribution in [0, 0.1) is 0 Å². The highest BCUT2D eigenvalue weighted by atomic mass is 79.9. The van der Waals surface area contributed by atoms with Crippen LogP contribution in [-0.4, -0.2) is 21.7 Å². The number of nitrogens with two attached hydrogens (primary N) is 1. The minimum absolute atomic E-state index is 0.377. The molecule has 0 aliphatic rings. The normalized spacial score (nSPS) is 10.9. The molecule has 3 aromatic rings. The third-order valence-corrected chi connectivity index (χ3v) is 3.86. The number of fused-ring (bicyclic) bond motifs is 1. The molecule has 0 radical (unpaired) electrons. The molecule has 5 nitrogen and oxygen atoms in total. The molecule has 0 amide bonds. The van der Waals surface area contributed by atoms with Crippen molar-refractivity contribution >= 4 is 21.6 Å². The average molecular weight is 333 g/mol. The Kier molecular flexibility index (Phi) is 3.42. The lowest BCUT2D eigenvalue weighted by molar-refractivity contribution is 0.415. The Labute approximate surface area is 124 Å². The Hall–Kier alpha value is -1.92. The van der Waals surface area contributed by atoms with E-state index in [0.717, 1.165) is 33.0 Å². The molecule has 0 saturated carbocycles. The van der Waals surface area contributed by atoms with Crippen LogP contribution in [0.1, 0.15) is 5.69 Å². The predicted molar refractivity (Wildman–Crippen MR) is 80.6 cm³/mol. The van der Waals surface area contributed by atoms with Crippen molar-refractivity contribution in [2.45, 2.75) is 6.54 Å². The van der Waals surface area contributed by atoms with Gasteiger partial charge < -0.3 is 10.5 Å². The monoisotopic (exact) mass is 332 g/mol. The van der Waals surface area contributed by atoms with Crippen LogP contribution in [0.15, 0.2) is 41.0 Å². The molecule has 0 spiro atoms. The van der Waals surface area contributed by atoms with Gasteiger partial charge in [-0.25, -0.2) is 9.50 Å². The number of methoxy groups -OCH3 is 1. The summed E-state index contributed by atoms with van der Waals surface area (Å²) in [7, 11) is 1.65. The van der Waals surface area contributed by atoms with E-state index in [-0.39, 0.29) is 0 Å². The fourth-order valence-electron chi connectivity index (χ4n) is 2.00. The van der Waals surface area contributed by atoms with Crippen LogP contribution in [0.4, 0.5) is 0 Å². The summed E-state index contributed by atoms with van der Waals surface area (Å²) >= 11 is 3.48. The molecule has 1 aromatic carbocycles. The second kappa shape index (κ2) is 5.22. The number of rotatable bonds is 3. The number of hydrogen-bond donors (Lipinski definition) is 1. The van der Waals surface area contributed by atoms with E-state index in [2.05, 4.69) is 26.0 Å². The van der Waals surface area contributed by atoms with Crippen molar-refractivity contribution in [1.29, 1.82) is 0 Å². The molecule has 20 heavy (non-hydrogen) atoms. The lowest BCUT2D eigenvalue weighted by atomic mass is 10.1. The maximum atomic E-state index is 5.65. The third-order valence-electron chi connectivity index (χ3n) is 3.07. The lowest BCUT2D eigenvalue weighted by Crippen LogP contribution is -1.98. The van der Waals surface area contributed by atoms with Gasteiger partial charge in [-0.1, -0.05) is 0 Å². The largest absolute Gasteiger partial charge is 0.497 e. The van der Waals surface area contributed by atoms with Crippen LogP contribution in [-0.2, 0) is 6.54 Å². The van der Waals surface area contributed by atoms with Crippen molar-refractivity contribution in [2.24, 2.45) is 5.73 Å². The summed E-state index contributed by atoms with van der Waals surface area (Å²) in [5.41, 5.74) is 9.10. The molecule has 0 aliphatic heterocycles. The van der Waals surface area contributed by atoms with E-state index in [9.17, 15) is 0 Å². The zero-order valence-electron chi connectivity index (χ0n) is 10.9. The molecule has 0 fully saturated rings. The van der Waals surface area contributed by atoms with Crippen molar-refractivity contribution in [2.75, 3.05) is 7.11 Å². The van der Waals surface area contributed by atoms with Crippen molar-refractivity contribution in [3.8, 4) is 17.0 Å². The average Bonchev–Trinajstić information content (AvgIpc) is 2.83. The molecule has 0 saturated heterocycles. The molecular weight excluding hydrogens is 320 g/mol. The van der Waals surface area contributed by atoms with E-state index >= 15 is 0 Å². The highest BCUT2D eigenvalue weighted by Gasteiger charge is 2.10. The first kappa shape index (κ1) is 13.1. The van der Waals surface area contributed by atoms with Crippen LogP contribution < -0.4 is 10.5 Å². The van der Waals surface area contributed by atoms with Gasteiger partial charge in [0.05, 0.1) is 18.5 Å². The van der Waals surface area contributed by atoms with Crippen LogP contribution in [0.25, 0.3) is 16.9 Å². The smallest absolute Gasteiger partial charge is 0.155 e. The molecule has 2 aromatic heterocycles. The van der Waals surface area contributed by atoms with Crippen LogP contribution >= 0.6 is 15.9 Å². The van der Waals surface area contributed by atoms with Gasteiger partial charge in [-0.2, -0.15) is 5.10 Å². The van der Waals surface area contributed by atoms with Crippen LogP contribution in [0.3, 0.4) is 0 Å². The Bertz CT molecular complexity index is 752. The zero-order valence-corrected chi connectivity index (χ0v) is 12.5. The molecule has 0 aliphatic carbocycles. The van der Waals surface area contributed by atoms with Crippen LogP contribution in [0.5, 0.6) is 5.75 Å². The highest BCUT2D eigenvalue weighted by molar-refractivity contribution is 9.10. The fourth-order valence-corrected chi connectivity index (χ4v) is 2.51. The lowest BCUT2D eigenvalue weighted by Gasteiger charge is -2.04. The number of ether oxygens (including phenoxy) is 1. The van der Waals surface area contributed by atoms with Gasteiger partial charge in [-0.15, -0.1) is 0 Å². The van der Waals surface area contributed by atoms with Crippen molar-refractivity contribution in [1.82, 2.24) is 14.6 Å². The number of aromatic nitrogens is 3. The summed E-state index contributed by atoms with van der Waals surface area (Å²) in [6, 6.07) is 11.6. The Morgan fingerprint density at radius 2 is 1.95 bits per heavy atom. The Morgan fingerprint density at radius 1 is 1.20 bits per heavy atom. The van der Waals surface area contributed by atoms with E-state index in [1.54, 1.807) is 11.6 Å². The number of halogens is 1. The van der Waals surface area contributed by atoms with Gasteiger partial charge in [0.15, 0.2) is 5.65 Å². The SMILES string of the molecule is COc1ccc(-c2ccc3nc(CN)c(Br)n3n2)cc1. The van der Waals surface area contributed by atoms with Gasteiger partial charge in [-0.05, 0) is 52.3 Å². The first-order valence-electron chi connectivity index (χ1n) is 6.11. The topological polar surface area (TPSA) is 65.4 Å². The van der Waals surface area contributed by atoms with Gasteiger partial charge in [0.25, 0.3) is 0 Å². The number of imidazole rings is 1. The quantitative estimate of drug-likeness (QED) is 0.800. The molecule has 0 unspecified atom stereocenters. The molecule has 0 bridgehead atoms. The van der Waals surface area contributed by atoms with Crippen LogP contribution in [0.2, 0.25) is 0 Å². The van der Waals surface area contributed by atoms with Gasteiger partial charge in [-0.3, -0.25) is 0 Å². The minimum Gasteiger partial charge on any atom is -0.497 e. The summed E-state index contributed by atoms with van der Waals surface area (Å²) in [4.78, 5) is 4.40. The second-order valence-electron chi connectivity index (χ2n) is 4.27. The molecule has 3 rings (SSSR count). The predicted octanol–water partition coefficient (Wildman–Crippen LogP) is 2.63. The highest BCUT2D eigenvalue weighted by Crippen LogP contribution is 2.23. The standard InChI is InChI=1S/C14H13BrN4O/c1-20-10-4-2-9(3-5-10)11-6-7-13-17-12(8-16)14(15)19(13)18-11/h2-7H,8,16H2,1H3. The second-order valence-corrected chi connectivity index (χ2v) is 5.02. The summed E-state index contributed by atoms with van der Waals surface area (Å²) in [5.74, 6) is 0.823. The van der Waals surface area contributed by atoms with E-state index in [0.29, 0.717) is 6.54 Å². The number of benzene rings is 1. The Morgan fingerprint density at radius 3 is 2.60 bits per heavy atom. The van der Waals surface area contributed by atoms with E-state index in [1.807, 2.05) is 36.4 Å². The van der Waals surface area contributed by atoms with Crippen molar-refractivity contribution in [3.63, 3.8) is 0 Å². The van der Waals surface area contributed by atoms with E-state index in [4.69, 9.17) is 10.5 Å². The fraction of sp³-hybridized carbons (Fsp3) is 0.143. The van der Waals surface area contributed by atoms with Gasteiger partial charge in [0.2, 0.25) is 0 Å². The molecule has 0 atom stereocenters. The van der Waals surface area contributed by atoms with E-state index in [1.165, 1.54) is 0 Å². The molecule has 2 N–H and O–H groups in total. The van der Waals surface area contributed by atoms with Crippen molar-refractivity contribution < 1.29 is 4.74 Å². The molecule has 2 heterocycles. The molecule has 6 heteroatoms. The van der Waals surface area contributed by atoms with Gasteiger partial charge >= 0.3 is 0 Å². The summed E-state index contributed by atoms with van der Waals surface area (Å²) in [6.45, 7) is 0.377. The molecule has 102 valence electrons. The maximum absolute atomic E-state index is 5.65. The summed E-state index contributed by atoms with van der Waals surface area (Å²) in [6.07, 6.45) is 0. The zero-order chi connectivity index (χ0) is 14.1. The van der Waals surface area contributed by atoms with Crippen molar-refractivity contribution in [3.05, 3.63) is 46.7 Å². The number of nitrogens with zero attached hydrogens (tertiary/aromatic N) is 3. The first-order chi connectivity index (χ1) is 9.72. The first-order valence-corrected chi connectivity index (χ1v) is 6.91.